The van der Waals surface area contributed by atoms with Gasteiger partial charge < -0.3 is 5.32 Å². The molecule has 3 aromatic rings. The number of nitrogens with zero attached hydrogens (tertiary/aromatic N) is 1. The number of aryl methyl sites for hydroxylation is 1. The molecule has 2 aromatic carbocycles. The Morgan fingerprint density at radius 3 is 2.61 bits per heavy atom. The Labute approximate surface area is 172 Å². The van der Waals surface area contributed by atoms with Gasteiger partial charge in [0.05, 0.1) is 22.0 Å². The first-order chi connectivity index (χ1) is 13.2. The van der Waals surface area contributed by atoms with Crippen molar-refractivity contribution in [1.29, 1.82) is 0 Å². The number of hydrogen-bond acceptors (Lipinski definition) is 4. The molecule has 9 heteroatoms. The zero-order chi connectivity index (χ0) is 20.3. The summed E-state index contributed by atoms with van der Waals surface area (Å²) in [7, 11) is 0. The van der Waals surface area contributed by atoms with Gasteiger partial charge >= 0.3 is 6.18 Å². The highest BCUT2D eigenvalue weighted by Crippen LogP contribution is 2.36. The maximum absolute atomic E-state index is 12.9. The molecular weight excluding hydrogens is 429 g/mol. The van der Waals surface area contributed by atoms with Crippen LogP contribution in [0.2, 0.25) is 5.02 Å². The van der Waals surface area contributed by atoms with Crippen LogP contribution in [-0.2, 0) is 11.0 Å². The standard InChI is InChI=1S/C19H14ClF3N2OS2/c1-11-2-4-12(5-3-11)16-9-27-18(25-16)28-10-17(26)24-13-6-7-15(20)14(8-13)19(21,22)23/h2-9H,10H2,1H3,(H,24,26). The van der Waals surface area contributed by atoms with Crippen molar-refractivity contribution in [2.75, 3.05) is 11.1 Å². The van der Waals surface area contributed by atoms with Gasteiger partial charge in [0.15, 0.2) is 4.34 Å². The van der Waals surface area contributed by atoms with Gasteiger partial charge in [0, 0.05) is 16.6 Å². The summed E-state index contributed by atoms with van der Waals surface area (Å²) < 4.78 is 39.4. The number of nitrogens with one attached hydrogen (secondary N) is 1. The third-order valence-electron chi connectivity index (χ3n) is 3.71. The van der Waals surface area contributed by atoms with Crippen LogP contribution in [0.5, 0.6) is 0 Å². The van der Waals surface area contributed by atoms with E-state index in [2.05, 4.69) is 10.3 Å². The number of halogens is 4. The molecule has 0 fully saturated rings. The fourth-order valence-corrected chi connectivity index (χ4v) is 4.19. The molecule has 1 amide bonds. The third-order valence-corrected chi connectivity index (χ3v) is 6.06. The predicted octanol–water partition coefficient (Wildman–Crippen LogP) is 6.52. The van der Waals surface area contributed by atoms with E-state index in [-0.39, 0.29) is 11.4 Å². The van der Waals surface area contributed by atoms with E-state index in [1.54, 1.807) is 0 Å². The van der Waals surface area contributed by atoms with Crippen LogP contribution in [0.25, 0.3) is 11.3 Å². The molecule has 0 aliphatic heterocycles. The Hall–Kier alpha value is -2.03. The summed E-state index contributed by atoms with van der Waals surface area (Å²) in [6.45, 7) is 2.00. The Kier molecular flexibility index (Phi) is 6.32. The van der Waals surface area contributed by atoms with Gasteiger partial charge in [-0.05, 0) is 25.1 Å². The van der Waals surface area contributed by atoms with Gasteiger partial charge in [-0.2, -0.15) is 13.2 Å². The molecule has 0 saturated carbocycles. The molecule has 0 saturated heterocycles. The number of rotatable bonds is 5. The van der Waals surface area contributed by atoms with E-state index in [0.717, 1.165) is 29.0 Å². The summed E-state index contributed by atoms with van der Waals surface area (Å²) in [6, 6.07) is 11.2. The van der Waals surface area contributed by atoms with E-state index in [1.807, 2.05) is 36.6 Å². The molecular formula is C19H14ClF3N2OS2. The lowest BCUT2D eigenvalue weighted by Crippen LogP contribution is -2.15. The molecule has 0 spiro atoms. The minimum atomic E-state index is -4.58. The number of thiazole rings is 1. The Morgan fingerprint density at radius 2 is 1.93 bits per heavy atom. The lowest BCUT2D eigenvalue weighted by Gasteiger charge is -2.11. The number of hydrogen-bond donors (Lipinski definition) is 1. The summed E-state index contributed by atoms with van der Waals surface area (Å²) in [5.41, 5.74) is 2.02. The van der Waals surface area contributed by atoms with Crippen LogP contribution >= 0.6 is 34.7 Å². The molecule has 1 heterocycles. The number of carbonyl (C=O) groups is 1. The normalized spacial score (nSPS) is 11.5. The largest absolute Gasteiger partial charge is 0.417 e. The highest BCUT2D eigenvalue weighted by atomic mass is 35.5. The summed E-state index contributed by atoms with van der Waals surface area (Å²) in [6.07, 6.45) is -4.58. The Balaban J connectivity index is 1.60. The van der Waals surface area contributed by atoms with Crippen molar-refractivity contribution in [1.82, 2.24) is 4.98 Å². The average Bonchev–Trinajstić information content (AvgIpc) is 3.10. The lowest BCUT2D eigenvalue weighted by atomic mass is 10.1. The van der Waals surface area contributed by atoms with E-state index >= 15 is 0 Å². The van der Waals surface area contributed by atoms with Crippen molar-refractivity contribution in [2.24, 2.45) is 0 Å². The van der Waals surface area contributed by atoms with Crippen molar-refractivity contribution in [2.45, 2.75) is 17.4 Å². The van der Waals surface area contributed by atoms with Gasteiger partial charge in [-0.25, -0.2) is 4.98 Å². The number of alkyl halides is 3. The second-order valence-electron chi connectivity index (χ2n) is 5.89. The van der Waals surface area contributed by atoms with Crippen LogP contribution in [0.15, 0.2) is 52.2 Å². The van der Waals surface area contributed by atoms with Crippen LogP contribution in [0.3, 0.4) is 0 Å². The smallest absolute Gasteiger partial charge is 0.325 e. The van der Waals surface area contributed by atoms with E-state index in [1.165, 1.54) is 29.2 Å². The second kappa shape index (κ2) is 8.55. The summed E-state index contributed by atoms with van der Waals surface area (Å²) in [5.74, 6) is -0.391. The van der Waals surface area contributed by atoms with Gasteiger partial charge in [-0.1, -0.05) is 53.2 Å². The molecule has 0 radical (unpaired) electrons. The summed E-state index contributed by atoms with van der Waals surface area (Å²) in [5, 5.41) is 3.95. The van der Waals surface area contributed by atoms with Gasteiger partial charge in [-0.3, -0.25) is 4.79 Å². The zero-order valence-electron chi connectivity index (χ0n) is 14.5. The first-order valence-corrected chi connectivity index (χ1v) is 10.3. The van der Waals surface area contributed by atoms with Crippen LogP contribution in [0, 0.1) is 6.92 Å². The number of anilines is 1. The van der Waals surface area contributed by atoms with Crippen LogP contribution in [0.4, 0.5) is 18.9 Å². The van der Waals surface area contributed by atoms with Crippen molar-refractivity contribution in [3.63, 3.8) is 0 Å². The fourth-order valence-electron chi connectivity index (χ4n) is 2.33. The van der Waals surface area contributed by atoms with E-state index in [4.69, 9.17) is 11.6 Å². The number of carbonyl (C=O) groups excluding carboxylic acids is 1. The first-order valence-electron chi connectivity index (χ1n) is 8.04. The van der Waals surface area contributed by atoms with Gasteiger partial charge in [-0.15, -0.1) is 11.3 Å². The highest BCUT2D eigenvalue weighted by Gasteiger charge is 2.33. The second-order valence-corrected chi connectivity index (χ2v) is 8.38. The van der Waals surface area contributed by atoms with Crippen molar-refractivity contribution < 1.29 is 18.0 Å². The molecule has 146 valence electrons. The maximum atomic E-state index is 12.9. The van der Waals surface area contributed by atoms with Gasteiger partial charge in [0.25, 0.3) is 0 Å². The summed E-state index contributed by atoms with van der Waals surface area (Å²) in [4.78, 5) is 16.6. The quantitative estimate of drug-likeness (QED) is 0.457. The number of amides is 1. The van der Waals surface area contributed by atoms with Crippen LogP contribution in [0.1, 0.15) is 11.1 Å². The van der Waals surface area contributed by atoms with E-state index in [9.17, 15) is 18.0 Å². The van der Waals surface area contributed by atoms with Crippen LogP contribution < -0.4 is 5.32 Å². The lowest BCUT2D eigenvalue weighted by molar-refractivity contribution is -0.137. The predicted molar refractivity (Wildman–Crippen MR) is 108 cm³/mol. The zero-order valence-corrected chi connectivity index (χ0v) is 16.9. The van der Waals surface area contributed by atoms with Crippen molar-refractivity contribution in [3.8, 4) is 11.3 Å². The SMILES string of the molecule is Cc1ccc(-c2csc(SCC(=O)Nc3ccc(Cl)c(C(F)(F)F)c3)n2)cc1. The topological polar surface area (TPSA) is 42.0 Å². The number of thioether (sulfide) groups is 1. The monoisotopic (exact) mass is 442 g/mol. The minimum absolute atomic E-state index is 0.0326. The molecule has 0 aliphatic carbocycles. The molecule has 0 bridgehead atoms. The Bertz CT molecular complexity index is 988. The molecule has 0 aliphatic rings. The molecule has 3 nitrogen and oxygen atoms in total. The first kappa shape index (κ1) is 20.7. The molecule has 0 atom stereocenters. The van der Waals surface area contributed by atoms with Crippen molar-refractivity contribution in [3.05, 3.63) is 64.0 Å². The summed E-state index contributed by atoms with van der Waals surface area (Å²) >= 11 is 8.21. The van der Waals surface area contributed by atoms with Crippen molar-refractivity contribution >= 4 is 46.3 Å². The van der Waals surface area contributed by atoms with Crippen LogP contribution in [-0.4, -0.2) is 16.6 Å². The maximum Gasteiger partial charge on any atom is 0.417 e. The fraction of sp³-hybridized carbons (Fsp3) is 0.158. The Morgan fingerprint density at radius 1 is 1.21 bits per heavy atom. The molecule has 0 unspecified atom stereocenters. The average molecular weight is 443 g/mol. The third kappa shape index (κ3) is 5.27. The molecule has 1 aromatic heterocycles. The minimum Gasteiger partial charge on any atom is -0.325 e. The molecule has 3 rings (SSSR count). The molecule has 28 heavy (non-hydrogen) atoms. The van der Waals surface area contributed by atoms with E-state index in [0.29, 0.717) is 4.34 Å². The van der Waals surface area contributed by atoms with E-state index < -0.39 is 22.7 Å². The number of aromatic nitrogens is 1. The van der Waals surface area contributed by atoms with Gasteiger partial charge in [0.2, 0.25) is 5.91 Å². The van der Waals surface area contributed by atoms with Gasteiger partial charge in [0.1, 0.15) is 0 Å². The molecule has 1 N–H and O–H groups in total. The number of benzene rings is 2. The highest BCUT2D eigenvalue weighted by molar-refractivity contribution is 8.01.